The molecule has 0 bridgehead atoms. The Bertz CT molecular complexity index is 462. The van der Waals surface area contributed by atoms with Crippen LogP contribution >= 0.6 is 0 Å². The van der Waals surface area contributed by atoms with E-state index in [2.05, 4.69) is 4.98 Å². The highest BCUT2D eigenvalue weighted by Gasteiger charge is 2.11. The molecule has 0 spiro atoms. The number of hydrogen-bond donors (Lipinski definition) is 2. The molecule has 1 rings (SSSR count). The van der Waals surface area contributed by atoms with Crippen LogP contribution in [0.2, 0.25) is 0 Å². The fourth-order valence-electron chi connectivity index (χ4n) is 0.884. The molecule has 7 heteroatoms. The topological polar surface area (TPSA) is 84.0 Å². The molecule has 0 fully saturated rings. The fourth-order valence-corrected chi connectivity index (χ4v) is 0.884. The van der Waals surface area contributed by atoms with Gasteiger partial charge in [0.05, 0.1) is 0 Å². The van der Waals surface area contributed by atoms with Crippen molar-refractivity contribution in [3.63, 3.8) is 0 Å². The van der Waals surface area contributed by atoms with E-state index in [0.717, 1.165) is 10.8 Å². The first-order valence-corrected chi connectivity index (χ1v) is 3.70. The van der Waals surface area contributed by atoms with E-state index in [1.54, 1.807) is 0 Å². The molecule has 76 valence electrons. The van der Waals surface area contributed by atoms with E-state index in [0.29, 0.717) is 0 Å². The van der Waals surface area contributed by atoms with Crippen molar-refractivity contribution in [2.75, 3.05) is 6.80 Å². The number of nitrogens with zero attached hydrogens (tertiary/aromatic N) is 1. The molecular formula is C7H8FN3O3. The number of halogens is 1. The Morgan fingerprint density at radius 2 is 2.29 bits per heavy atom. The maximum atomic E-state index is 11.7. The molecule has 0 saturated heterocycles. The maximum absolute atomic E-state index is 11.7. The number of hydrogen-bond acceptors (Lipinski definition) is 3. The van der Waals surface area contributed by atoms with Crippen molar-refractivity contribution in [3.05, 3.63) is 32.6 Å². The van der Waals surface area contributed by atoms with E-state index in [-0.39, 0.29) is 5.56 Å². The zero-order valence-corrected chi connectivity index (χ0v) is 7.33. The molecule has 0 aliphatic heterocycles. The lowest BCUT2D eigenvalue weighted by Gasteiger charge is -2.01. The third-order valence-electron chi connectivity index (χ3n) is 1.65. The van der Waals surface area contributed by atoms with Crippen LogP contribution in [0.15, 0.2) is 15.8 Å². The van der Waals surface area contributed by atoms with E-state index < -0.39 is 24.0 Å². The Hall–Kier alpha value is -1.92. The van der Waals surface area contributed by atoms with Crippen LogP contribution in [-0.4, -0.2) is 22.3 Å². The molecular weight excluding hydrogens is 193 g/mol. The zero-order chi connectivity index (χ0) is 10.7. The van der Waals surface area contributed by atoms with Crippen molar-refractivity contribution in [1.82, 2.24) is 14.9 Å². The molecule has 1 amide bonds. The summed E-state index contributed by atoms with van der Waals surface area (Å²) in [4.78, 5) is 35.4. The van der Waals surface area contributed by atoms with Crippen LogP contribution in [-0.2, 0) is 7.05 Å². The number of aromatic amines is 1. The minimum absolute atomic E-state index is 0.301. The molecule has 1 aromatic heterocycles. The predicted octanol–water partition coefficient (Wildman–Crippen LogP) is -1.27. The SMILES string of the molecule is Cn1c(=O)[nH]cc(C(=O)NCF)c1=O. The number of aromatic nitrogens is 2. The minimum Gasteiger partial charge on any atom is -0.325 e. The number of H-pyrrole nitrogens is 1. The first kappa shape index (κ1) is 10.2. The quantitative estimate of drug-likeness (QED) is 0.585. The van der Waals surface area contributed by atoms with Gasteiger partial charge in [0.2, 0.25) is 0 Å². The monoisotopic (exact) mass is 201 g/mol. The maximum Gasteiger partial charge on any atom is 0.328 e. The molecule has 0 aromatic carbocycles. The van der Waals surface area contributed by atoms with Gasteiger partial charge in [-0.25, -0.2) is 9.18 Å². The van der Waals surface area contributed by atoms with Gasteiger partial charge in [-0.1, -0.05) is 0 Å². The molecule has 2 N–H and O–H groups in total. The average Bonchev–Trinajstić information content (AvgIpc) is 2.15. The summed E-state index contributed by atoms with van der Waals surface area (Å²) in [5.41, 5.74) is -1.70. The van der Waals surface area contributed by atoms with Crippen molar-refractivity contribution in [2.45, 2.75) is 0 Å². The van der Waals surface area contributed by atoms with Crippen molar-refractivity contribution >= 4 is 5.91 Å². The highest BCUT2D eigenvalue weighted by atomic mass is 19.1. The summed E-state index contributed by atoms with van der Waals surface area (Å²) in [5.74, 6) is -0.857. The first-order chi connectivity index (χ1) is 6.57. The van der Waals surface area contributed by atoms with Crippen LogP contribution in [0.4, 0.5) is 4.39 Å². The summed E-state index contributed by atoms with van der Waals surface area (Å²) in [7, 11) is 1.22. The molecule has 1 aromatic rings. The van der Waals surface area contributed by atoms with Gasteiger partial charge in [0.15, 0.2) is 6.80 Å². The first-order valence-electron chi connectivity index (χ1n) is 3.70. The Labute approximate surface area is 77.4 Å². The van der Waals surface area contributed by atoms with Gasteiger partial charge in [-0.05, 0) is 0 Å². The Balaban J connectivity index is 3.25. The van der Waals surface area contributed by atoms with Crippen LogP contribution in [0.5, 0.6) is 0 Å². The van der Waals surface area contributed by atoms with Crippen LogP contribution < -0.4 is 16.6 Å². The highest BCUT2D eigenvalue weighted by molar-refractivity contribution is 5.93. The molecule has 14 heavy (non-hydrogen) atoms. The number of amides is 1. The number of nitrogens with one attached hydrogen (secondary N) is 2. The molecule has 0 saturated carbocycles. The second-order valence-electron chi connectivity index (χ2n) is 2.51. The summed E-state index contributed by atoms with van der Waals surface area (Å²) in [6.07, 6.45) is 0.954. The Morgan fingerprint density at radius 3 is 2.86 bits per heavy atom. The van der Waals surface area contributed by atoms with Gasteiger partial charge in [-0.2, -0.15) is 0 Å². The highest BCUT2D eigenvalue weighted by Crippen LogP contribution is 1.84. The lowest BCUT2D eigenvalue weighted by atomic mass is 10.3. The summed E-state index contributed by atoms with van der Waals surface area (Å²) in [6, 6.07) is 0. The summed E-state index contributed by atoms with van der Waals surface area (Å²) in [6.45, 7) is -1.07. The molecule has 1 heterocycles. The van der Waals surface area contributed by atoms with E-state index in [1.807, 2.05) is 5.32 Å². The Kier molecular flexibility index (Phi) is 2.80. The molecule has 6 nitrogen and oxygen atoms in total. The summed E-state index contributed by atoms with van der Waals surface area (Å²) in [5, 5.41) is 1.81. The molecule has 0 atom stereocenters. The number of carbonyl (C=O) groups is 1. The zero-order valence-electron chi connectivity index (χ0n) is 7.33. The predicted molar refractivity (Wildman–Crippen MR) is 45.7 cm³/mol. The van der Waals surface area contributed by atoms with Gasteiger partial charge < -0.3 is 10.3 Å². The summed E-state index contributed by atoms with van der Waals surface area (Å²) < 4.78 is 12.5. The molecule has 0 unspecified atom stereocenters. The fraction of sp³-hybridized carbons (Fsp3) is 0.286. The lowest BCUT2D eigenvalue weighted by Crippen LogP contribution is -2.38. The van der Waals surface area contributed by atoms with Crippen LogP contribution in [0, 0.1) is 0 Å². The van der Waals surface area contributed by atoms with Crippen molar-refractivity contribution in [1.29, 1.82) is 0 Å². The molecule has 0 radical (unpaired) electrons. The van der Waals surface area contributed by atoms with Crippen molar-refractivity contribution in [2.24, 2.45) is 7.05 Å². The van der Waals surface area contributed by atoms with Gasteiger partial charge in [-0.15, -0.1) is 0 Å². The van der Waals surface area contributed by atoms with Crippen molar-refractivity contribution in [3.8, 4) is 0 Å². The largest absolute Gasteiger partial charge is 0.328 e. The van der Waals surface area contributed by atoms with Gasteiger partial charge >= 0.3 is 5.69 Å². The van der Waals surface area contributed by atoms with Crippen LogP contribution in [0.3, 0.4) is 0 Å². The second kappa shape index (κ2) is 3.86. The third kappa shape index (κ3) is 1.70. The van der Waals surface area contributed by atoms with Gasteiger partial charge in [-0.3, -0.25) is 14.2 Å². The number of rotatable bonds is 2. The standard InChI is InChI=1S/C7H8FN3O3/c1-11-6(13)4(2-9-7(11)14)5(12)10-3-8/h2H,3H2,1H3,(H,9,14)(H,10,12). The summed E-state index contributed by atoms with van der Waals surface area (Å²) >= 11 is 0. The van der Waals surface area contributed by atoms with Crippen molar-refractivity contribution < 1.29 is 9.18 Å². The number of carbonyl (C=O) groups excluding carboxylic acids is 1. The third-order valence-corrected chi connectivity index (χ3v) is 1.65. The second-order valence-corrected chi connectivity index (χ2v) is 2.51. The number of alkyl halides is 1. The lowest BCUT2D eigenvalue weighted by molar-refractivity contribution is 0.0934. The van der Waals surface area contributed by atoms with E-state index in [4.69, 9.17) is 0 Å². The smallest absolute Gasteiger partial charge is 0.325 e. The van der Waals surface area contributed by atoms with E-state index in [9.17, 15) is 18.8 Å². The average molecular weight is 201 g/mol. The van der Waals surface area contributed by atoms with Crippen LogP contribution in [0.25, 0.3) is 0 Å². The molecule has 0 aliphatic rings. The minimum atomic E-state index is -1.07. The molecule has 0 aliphatic carbocycles. The van der Waals surface area contributed by atoms with E-state index >= 15 is 0 Å². The van der Waals surface area contributed by atoms with Crippen LogP contribution in [0.1, 0.15) is 10.4 Å². The van der Waals surface area contributed by atoms with Gasteiger partial charge in [0.1, 0.15) is 5.56 Å². The van der Waals surface area contributed by atoms with Gasteiger partial charge in [0.25, 0.3) is 11.5 Å². The van der Waals surface area contributed by atoms with Gasteiger partial charge in [0, 0.05) is 13.2 Å². The Morgan fingerprint density at radius 1 is 1.64 bits per heavy atom. The normalized spacial score (nSPS) is 9.86. The van der Waals surface area contributed by atoms with E-state index in [1.165, 1.54) is 7.05 Å².